The van der Waals surface area contributed by atoms with E-state index in [1.54, 1.807) is 35.2 Å². The lowest BCUT2D eigenvalue weighted by Crippen LogP contribution is -2.75. The van der Waals surface area contributed by atoms with Crippen molar-refractivity contribution in [2.45, 2.75) is 41.7 Å². The number of carbonyl (C=O) groups excluding carboxylic acids is 4. The maximum Gasteiger partial charge on any atom is 0.351 e. The largest absolute Gasteiger partial charge is 0.466 e. The molecule has 3 fully saturated rings. The molecule has 3 saturated heterocycles. The maximum absolute atomic E-state index is 14.5. The van der Waals surface area contributed by atoms with Gasteiger partial charge in [0.15, 0.2) is 5.72 Å². The van der Waals surface area contributed by atoms with Crippen molar-refractivity contribution in [3.8, 4) is 0 Å². The molecule has 0 bridgehead atoms. The van der Waals surface area contributed by atoms with Crippen molar-refractivity contribution in [2.24, 2.45) is 5.92 Å². The van der Waals surface area contributed by atoms with Gasteiger partial charge < -0.3 is 29.1 Å². The number of ether oxygens (including phenoxy) is 3. The van der Waals surface area contributed by atoms with Crippen LogP contribution in [0.5, 0.6) is 0 Å². The molecule has 5 aliphatic rings. The molecular weight excluding hydrogens is 492 g/mol. The molecule has 7 rings (SSSR count). The van der Waals surface area contributed by atoms with Gasteiger partial charge in [0.1, 0.15) is 0 Å². The van der Waals surface area contributed by atoms with Crippen LogP contribution in [0, 0.1) is 5.92 Å². The first-order valence-corrected chi connectivity index (χ1v) is 12.7. The van der Waals surface area contributed by atoms with Crippen LogP contribution >= 0.6 is 0 Å². The van der Waals surface area contributed by atoms with E-state index in [0.29, 0.717) is 43.7 Å². The molecule has 0 amide bonds. The van der Waals surface area contributed by atoms with E-state index in [9.17, 15) is 24.3 Å². The van der Waals surface area contributed by atoms with Crippen molar-refractivity contribution in [3.63, 3.8) is 0 Å². The maximum atomic E-state index is 14.5. The standard InChI is InChI=1S/C28H26N2O8/c1-36-23(33)26(35)21(31)16-8-3-6-11-19(16)30-15-12-20-25-13-7-14-29(25)18-10-5-4-9-17(18)22(32)27(25,24(34)37-2)38-28(20,26)30/h3-6,8-11,20,35H,7,12-15H2,1-2H3/t20?,25-,26+,27+,28-/m0/s1. The average molecular weight is 519 g/mol. The van der Waals surface area contributed by atoms with Crippen LogP contribution in [0.4, 0.5) is 11.4 Å². The quantitative estimate of drug-likeness (QED) is 0.462. The van der Waals surface area contributed by atoms with Crippen molar-refractivity contribution < 1.29 is 38.5 Å². The molecule has 1 N–H and O–H groups in total. The number of Topliss-reactive ketones (excluding diaryl/α,β-unsaturated/α-hetero) is 2. The number of nitrogens with zero attached hydrogens (tertiary/aromatic N) is 2. The third kappa shape index (κ3) is 2.11. The van der Waals surface area contributed by atoms with E-state index in [-0.39, 0.29) is 11.1 Å². The molecule has 1 unspecified atom stereocenters. The van der Waals surface area contributed by atoms with Crippen molar-refractivity contribution in [2.75, 3.05) is 37.1 Å². The van der Waals surface area contributed by atoms with Crippen LogP contribution in [0.3, 0.4) is 0 Å². The highest BCUT2D eigenvalue weighted by molar-refractivity contribution is 6.24. The van der Waals surface area contributed by atoms with E-state index in [2.05, 4.69) is 0 Å². The number of ketones is 2. The van der Waals surface area contributed by atoms with Gasteiger partial charge in [0.25, 0.3) is 11.2 Å². The van der Waals surface area contributed by atoms with Gasteiger partial charge in [-0.25, -0.2) is 9.59 Å². The van der Waals surface area contributed by atoms with E-state index in [0.717, 1.165) is 7.11 Å². The minimum absolute atomic E-state index is 0.132. The molecule has 5 aliphatic heterocycles. The van der Waals surface area contributed by atoms with Gasteiger partial charge in [0, 0.05) is 35.8 Å². The van der Waals surface area contributed by atoms with Crippen LogP contribution in [0.1, 0.15) is 40.0 Å². The zero-order valence-corrected chi connectivity index (χ0v) is 20.9. The zero-order chi connectivity index (χ0) is 26.7. The first-order valence-electron chi connectivity index (χ1n) is 12.7. The summed E-state index contributed by atoms with van der Waals surface area (Å²) in [7, 11) is 2.26. The number of benzene rings is 2. The summed E-state index contributed by atoms with van der Waals surface area (Å²) in [4.78, 5) is 59.7. The molecule has 196 valence electrons. The van der Waals surface area contributed by atoms with Crippen molar-refractivity contribution in [1.29, 1.82) is 0 Å². The number of fused-ring (bicyclic) bond motifs is 4. The second kappa shape index (κ2) is 7.21. The topological polar surface area (TPSA) is 123 Å². The number of hydrogen-bond donors (Lipinski definition) is 1. The minimum Gasteiger partial charge on any atom is -0.466 e. The second-order valence-electron chi connectivity index (χ2n) is 10.5. The Bertz CT molecular complexity index is 1460. The number of esters is 2. The summed E-state index contributed by atoms with van der Waals surface area (Å²) in [6.07, 6.45) is 1.32. The number of para-hydroxylation sites is 2. The Balaban J connectivity index is 1.60. The van der Waals surface area contributed by atoms with Gasteiger partial charge in [-0.05, 0) is 43.5 Å². The molecule has 10 nitrogen and oxygen atoms in total. The molecule has 5 heterocycles. The highest BCUT2D eigenvalue weighted by Crippen LogP contribution is 2.69. The highest BCUT2D eigenvalue weighted by atomic mass is 16.6. The second-order valence-corrected chi connectivity index (χ2v) is 10.5. The molecule has 10 heteroatoms. The van der Waals surface area contributed by atoms with Crippen molar-refractivity contribution in [3.05, 3.63) is 59.7 Å². The van der Waals surface area contributed by atoms with Crippen LogP contribution in [-0.4, -0.2) is 78.4 Å². The minimum atomic E-state index is -2.86. The fourth-order valence-electron chi connectivity index (χ4n) is 8.22. The molecular formula is C28H26N2O8. The van der Waals surface area contributed by atoms with Gasteiger partial charge in [0.05, 0.1) is 25.4 Å². The average Bonchev–Trinajstić information content (AvgIpc) is 3.63. The number of rotatable bonds is 2. The summed E-state index contributed by atoms with van der Waals surface area (Å²) >= 11 is 0. The summed E-state index contributed by atoms with van der Waals surface area (Å²) in [5, 5.41) is 12.3. The lowest BCUT2D eigenvalue weighted by atomic mass is 9.61. The van der Waals surface area contributed by atoms with Crippen LogP contribution in [-0.2, 0) is 23.8 Å². The molecule has 0 aliphatic carbocycles. The summed E-state index contributed by atoms with van der Waals surface area (Å²) in [5.74, 6) is -4.45. The Hall–Kier alpha value is -3.76. The Morgan fingerprint density at radius 1 is 0.895 bits per heavy atom. The first-order chi connectivity index (χ1) is 18.3. The summed E-state index contributed by atoms with van der Waals surface area (Å²) < 4.78 is 17.0. The number of carbonyl (C=O) groups is 4. The molecule has 0 radical (unpaired) electrons. The fraction of sp³-hybridized carbons (Fsp3) is 0.429. The Morgan fingerprint density at radius 3 is 2.16 bits per heavy atom. The van der Waals surface area contributed by atoms with E-state index < -0.39 is 51.9 Å². The SMILES string of the molecule is COC(=O)[C@]1(O)C(=O)c2ccccc2N2CCC3[C@@]21O[C@@]1(C(=O)OC)C(=O)c2ccccc2N2CCC[C@@]321. The molecule has 38 heavy (non-hydrogen) atoms. The van der Waals surface area contributed by atoms with Gasteiger partial charge in [-0.15, -0.1) is 0 Å². The summed E-state index contributed by atoms with van der Waals surface area (Å²) in [6, 6.07) is 13.6. The Kier molecular flexibility index (Phi) is 4.43. The Morgan fingerprint density at radius 2 is 1.50 bits per heavy atom. The van der Waals surface area contributed by atoms with Crippen LogP contribution in [0.25, 0.3) is 0 Å². The number of methoxy groups -OCH3 is 2. The van der Waals surface area contributed by atoms with Crippen LogP contribution in [0.2, 0.25) is 0 Å². The summed E-state index contributed by atoms with van der Waals surface area (Å²) in [5.41, 5.74) is -6.98. The highest BCUT2D eigenvalue weighted by Gasteiger charge is 2.90. The number of hydrogen-bond acceptors (Lipinski definition) is 10. The molecule has 0 aromatic heterocycles. The number of anilines is 2. The molecule has 2 aromatic carbocycles. The lowest BCUT2D eigenvalue weighted by Gasteiger charge is -2.52. The van der Waals surface area contributed by atoms with Gasteiger partial charge in [0.2, 0.25) is 11.6 Å². The molecule has 2 spiro atoms. The third-order valence-electron chi connectivity index (χ3n) is 9.43. The fourth-order valence-corrected chi connectivity index (χ4v) is 8.22. The van der Waals surface area contributed by atoms with Gasteiger partial charge >= 0.3 is 11.9 Å². The number of aliphatic hydroxyl groups is 1. The predicted octanol–water partition coefficient (Wildman–Crippen LogP) is 1.49. The van der Waals surface area contributed by atoms with Gasteiger partial charge in [-0.2, -0.15) is 0 Å². The predicted molar refractivity (Wildman–Crippen MR) is 132 cm³/mol. The van der Waals surface area contributed by atoms with E-state index >= 15 is 0 Å². The lowest BCUT2D eigenvalue weighted by molar-refractivity contribution is -0.209. The molecule has 0 saturated carbocycles. The zero-order valence-electron chi connectivity index (χ0n) is 20.9. The van der Waals surface area contributed by atoms with Crippen molar-refractivity contribution in [1.82, 2.24) is 0 Å². The smallest absolute Gasteiger partial charge is 0.351 e. The van der Waals surface area contributed by atoms with Crippen molar-refractivity contribution >= 4 is 34.9 Å². The van der Waals surface area contributed by atoms with Gasteiger partial charge in [-0.1, -0.05) is 24.3 Å². The summed E-state index contributed by atoms with van der Waals surface area (Å²) in [6.45, 7) is 0.830. The van der Waals surface area contributed by atoms with E-state index in [4.69, 9.17) is 14.2 Å². The Labute approximate surface area is 218 Å². The van der Waals surface area contributed by atoms with Crippen LogP contribution in [0.15, 0.2) is 48.5 Å². The molecule has 2 aromatic rings. The van der Waals surface area contributed by atoms with E-state index in [1.807, 2.05) is 17.0 Å². The first kappa shape index (κ1) is 23.4. The third-order valence-corrected chi connectivity index (χ3v) is 9.43. The molecule has 5 atom stereocenters. The monoisotopic (exact) mass is 518 g/mol. The normalized spacial score (nSPS) is 36.0. The van der Waals surface area contributed by atoms with Gasteiger partial charge in [-0.3, -0.25) is 9.59 Å². The van der Waals surface area contributed by atoms with Crippen LogP contribution < -0.4 is 9.80 Å². The van der Waals surface area contributed by atoms with E-state index in [1.165, 1.54) is 13.2 Å².